The van der Waals surface area contributed by atoms with Gasteiger partial charge in [0.2, 0.25) is 0 Å². The van der Waals surface area contributed by atoms with Gasteiger partial charge in [-0.25, -0.2) is 14.7 Å². The molecule has 0 spiro atoms. The van der Waals surface area contributed by atoms with Crippen molar-refractivity contribution in [2.75, 3.05) is 11.9 Å². The fourth-order valence-corrected chi connectivity index (χ4v) is 1.83. The van der Waals surface area contributed by atoms with Gasteiger partial charge in [0, 0.05) is 13.2 Å². The fraction of sp³-hybridized carbons (Fsp3) is 0.455. The highest BCUT2D eigenvalue weighted by atomic mass is 19.4. The third-order valence-corrected chi connectivity index (χ3v) is 3.13. The zero-order valence-electron chi connectivity index (χ0n) is 10.2. The molecular formula is C11H12F3N3O2. The molecule has 5 nitrogen and oxygen atoms in total. The molecule has 1 aliphatic heterocycles. The molecule has 1 N–H and O–H groups in total. The minimum Gasteiger partial charge on any atom is -0.371 e. The summed E-state index contributed by atoms with van der Waals surface area (Å²) in [7, 11) is 1.46. The van der Waals surface area contributed by atoms with E-state index in [2.05, 4.69) is 4.98 Å². The molecule has 0 bridgehead atoms. The summed E-state index contributed by atoms with van der Waals surface area (Å²) in [5.41, 5.74) is -0.917. The first kappa shape index (κ1) is 13.6. The Hall–Kier alpha value is -1.83. The third-order valence-electron chi connectivity index (χ3n) is 3.13. The van der Waals surface area contributed by atoms with E-state index in [1.165, 1.54) is 11.9 Å². The topological polar surface area (TPSA) is 56.7 Å². The van der Waals surface area contributed by atoms with Crippen molar-refractivity contribution >= 4 is 11.8 Å². The number of rotatable bonds is 1. The molecule has 104 valence electrons. The minimum atomic E-state index is -4.52. The Balaban J connectivity index is 2.40. The first-order valence-electron chi connectivity index (χ1n) is 5.51. The Morgan fingerprint density at radius 2 is 2.05 bits per heavy atom. The van der Waals surface area contributed by atoms with Crippen molar-refractivity contribution in [3.05, 3.63) is 23.9 Å². The summed E-state index contributed by atoms with van der Waals surface area (Å²) in [6.07, 6.45) is -4.79. The third kappa shape index (κ3) is 2.23. The lowest BCUT2D eigenvalue weighted by atomic mass is 10.2. The molecule has 1 unspecified atom stereocenters. The predicted molar refractivity (Wildman–Crippen MR) is 60.3 cm³/mol. The van der Waals surface area contributed by atoms with E-state index in [9.17, 15) is 23.1 Å². The van der Waals surface area contributed by atoms with Crippen LogP contribution in [0.2, 0.25) is 0 Å². The zero-order valence-corrected chi connectivity index (χ0v) is 10.2. The summed E-state index contributed by atoms with van der Waals surface area (Å²) in [6, 6.07) is 0.437. The molecule has 0 aromatic carbocycles. The number of hydrogen-bond donors (Lipinski definition) is 1. The number of nitrogens with zero attached hydrogens (tertiary/aromatic N) is 3. The zero-order chi connectivity index (χ0) is 14.4. The van der Waals surface area contributed by atoms with Crippen LogP contribution in [-0.4, -0.2) is 40.3 Å². The Bertz CT molecular complexity index is 506. The van der Waals surface area contributed by atoms with Crippen molar-refractivity contribution in [2.45, 2.75) is 25.4 Å². The lowest BCUT2D eigenvalue weighted by Gasteiger charge is -2.19. The van der Waals surface area contributed by atoms with E-state index >= 15 is 0 Å². The average Bonchev–Trinajstić information content (AvgIpc) is 2.53. The molecule has 1 aliphatic rings. The summed E-state index contributed by atoms with van der Waals surface area (Å²) >= 11 is 0. The normalized spacial score (nSPS) is 24.2. The molecule has 0 radical (unpaired) electrons. The molecule has 2 rings (SSSR count). The molecule has 0 saturated carbocycles. The first-order valence-corrected chi connectivity index (χ1v) is 5.51. The fourth-order valence-electron chi connectivity index (χ4n) is 1.83. The number of anilines is 1. The number of likely N-dealkylation sites (N-methyl/N-ethyl adjacent to an activating group) is 1. The van der Waals surface area contributed by atoms with E-state index in [4.69, 9.17) is 0 Å². The second kappa shape index (κ2) is 4.37. The van der Waals surface area contributed by atoms with Crippen molar-refractivity contribution in [3.63, 3.8) is 0 Å². The Morgan fingerprint density at radius 3 is 2.53 bits per heavy atom. The highest BCUT2D eigenvalue weighted by Crippen LogP contribution is 2.32. The molecule has 0 aliphatic carbocycles. The van der Waals surface area contributed by atoms with E-state index in [1.807, 2.05) is 0 Å². The number of carbonyl (C=O) groups is 1. The maximum atomic E-state index is 12.6. The Morgan fingerprint density at radius 1 is 1.42 bits per heavy atom. The maximum Gasteiger partial charge on any atom is 0.416 e. The van der Waals surface area contributed by atoms with Gasteiger partial charge in [-0.2, -0.15) is 13.2 Å². The second-order valence-corrected chi connectivity index (χ2v) is 4.32. The van der Waals surface area contributed by atoms with Crippen LogP contribution in [0.25, 0.3) is 0 Å². The number of aromatic nitrogens is 1. The second-order valence-electron chi connectivity index (χ2n) is 4.32. The molecule has 1 aromatic rings. The van der Waals surface area contributed by atoms with Crippen LogP contribution in [0.15, 0.2) is 18.3 Å². The number of amides is 2. The molecule has 8 heteroatoms. The van der Waals surface area contributed by atoms with Crippen LogP contribution in [0.5, 0.6) is 0 Å². The van der Waals surface area contributed by atoms with Crippen molar-refractivity contribution in [3.8, 4) is 0 Å². The van der Waals surface area contributed by atoms with E-state index in [0.717, 1.165) is 23.2 Å². The summed E-state index contributed by atoms with van der Waals surface area (Å²) in [6.45, 7) is 1.59. The van der Waals surface area contributed by atoms with Crippen LogP contribution < -0.4 is 4.90 Å². The smallest absolute Gasteiger partial charge is 0.371 e. The monoisotopic (exact) mass is 275 g/mol. The van der Waals surface area contributed by atoms with Crippen LogP contribution in [-0.2, 0) is 6.18 Å². The van der Waals surface area contributed by atoms with Gasteiger partial charge in [0.25, 0.3) is 0 Å². The van der Waals surface area contributed by atoms with Gasteiger partial charge in [0.05, 0.1) is 11.6 Å². The van der Waals surface area contributed by atoms with Crippen LogP contribution >= 0.6 is 0 Å². The van der Waals surface area contributed by atoms with E-state index in [-0.39, 0.29) is 5.82 Å². The minimum absolute atomic E-state index is 0.219. The highest BCUT2D eigenvalue weighted by molar-refractivity contribution is 5.94. The maximum absolute atomic E-state index is 12.6. The average molecular weight is 275 g/mol. The molecule has 2 atom stereocenters. The quantitative estimate of drug-likeness (QED) is 0.848. The van der Waals surface area contributed by atoms with Gasteiger partial charge in [0.15, 0.2) is 6.23 Å². The largest absolute Gasteiger partial charge is 0.416 e. The Kier molecular flexibility index (Phi) is 3.13. The summed E-state index contributed by atoms with van der Waals surface area (Å²) < 4.78 is 37.8. The van der Waals surface area contributed by atoms with E-state index < -0.39 is 30.0 Å². The molecule has 2 heterocycles. The number of aliphatic hydroxyl groups excluding tert-OH is 1. The van der Waals surface area contributed by atoms with Crippen molar-refractivity contribution in [1.82, 2.24) is 9.88 Å². The molecule has 2 amide bonds. The first-order chi connectivity index (χ1) is 8.73. The molecule has 19 heavy (non-hydrogen) atoms. The van der Waals surface area contributed by atoms with Gasteiger partial charge in [-0.05, 0) is 19.1 Å². The standard InChI is InChI=1S/C11H12F3N3O2/c1-6-9(18)17(10(19)16(6)2)8-5-7(3-4-15-8)11(12,13)14/h3-6,9,18H,1-2H3/t6-,9?/m0/s1. The number of halogens is 3. The van der Waals surface area contributed by atoms with E-state index in [0.29, 0.717) is 0 Å². The molecule has 1 saturated heterocycles. The lowest BCUT2D eigenvalue weighted by Crippen LogP contribution is -2.36. The Labute approximate surface area is 107 Å². The molecule has 1 fully saturated rings. The highest BCUT2D eigenvalue weighted by Gasteiger charge is 2.42. The van der Waals surface area contributed by atoms with Gasteiger partial charge >= 0.3 is 12.2 Å². The van der Waals surface area contributed by atoms with Crippen LogP contribution in [0.4, 0.5) is 23.8 Å². The number of hydrogen-bond acceptors (Lipinski definition) is 3. The summed E-state index contributed by atoms with van der Waals surface area (Å²) in [5, 5.41) is 9.89. The SMILES string of the molecule is C[C@H]1C(O)N(c2cc(C(F)(F)F)ccn2)C(=O)N1C. The van der Waals surface area contributed by atoms with E-state index in [1.54, 1.807) is 6.92 Å². The van der Waals surface area contributed by atoms with Crippen molar-refractivity contribution in [1.29, 1.82) is 0 Å². The van der Waals surface area contributed by atoms with Gasteiger partial charge in [-0.1, -0.05) is 0 Å². The molecule has 1 aromatic heterocycles. The summed E-state index contributed by atoms with van der Waals surface area (Å²) in [5.74, 6) is -0.219. The number of aliphatic hydroxyl groups is 1. The number of alkyl halides is 3. The van der Waals surface area contributed by atoms with Gasteiger partial charge < -0.3 is 10.0 Å². The van der Waals surface area contributed by atoms with Gasteiger partial charge in [-0.3, -0.25) is 0 Å². The summed E-state index contributed by atoms with van der Waals surface area (Å²) in [4.78, 5) is 17.7. The number of urea groups is 1. The van der Waals surface area contributed by atoms with Gasteiger partial charge in [-0.15, -0.1) is 0 Å². The van der Waals surface area contributed by atoms with Crippen LogP contribution in [0.3, 0.4) is 0 Å². The number of carbonyl (C=O) groups excluding carboxylic acids is 1. The number of pyridine rings is 1. The van der Waals surface area contributed by atoms with Crippen molar-refractivity contribution < 1.29 is 23.1 Å². The van der Waals surface area contributed by atoms with Crippen molar-refractivity contribution in [2.24, 2.45) is 0 Å². The lowest BCUT2D eigenvalue weighted by molar-refractivity contribution is -0.137. The van der Waals surface area contributed by atoms with Crippen LogP contribution in [0.1, 0.15) is 12.5 Å². The molecular weight excluding hydrogens is 263 g/mol. The predicted octanol–water partition coefficient (Wildman–Crippen LogP) is 1.68. The van der Waals surface area contributed by atoms with Crippen LogP contribution in [0, 0.1) is 0 Å². The van der Waals surface area contributed by atoms with Gasteiger partial charge in [0.1, 0.15) is 5.82 Å².